The highest BCUT2D eigenvalue weighted by atomic mass is 16.5. The Hall–Kier alpha value is -1.36. The van der Waals surface area contributed by atoms with Crippen LogP contribution in [-0.4, -0.2) is 37.0 Å². The molecule has 16 heavy (non-hydrogen) atoms. The molecule has 5 heteroatoms. The van der Waals surface area contributed by atoms with Gasteiger partial charge in [0.15, 0.2) is 5.82 Å². The first-order valence-electron chi connectivity index (χ1n) is 5.46. The highest BCUT2D eigenvalue weighted by Gasteiger charge is 2.09. The van der Waals surface area contributed by atoms with Gasteiger partial charge in [0.25, 0.3) is 0 Å². The number of rotatable bonds is 6. The molecule has 0 unspecified atom stereocenters. The molecule has 90 valence electrons. The van der Waals surface area contributed by atoms with Crippen LogP contribution in [0.2, 0.25) is 0 Å². The van der Waals surface area contributed by atoms with Gasteiger partial charge < -0.3 is 15.4 Å². The molecule has 0 aliphatic rings. The number of hydrogen-bond donors (Lipinski definition) is 1. The first kappa shape index (κ1) is 12.7. The van der Waals surface area contributed by atoms with E-state index in [4.69, 9.17) is 10.5 Å². The Balaban J connectivity index is 2.70. The van der Waals surface area contributed by atoms with Crippen molar-refractivity contribution in [2.75, 3.05) is 37.4 Å². The number of aromatic nitrogens is 2. The maximum Gasteiger partial charge on any atom is 0.151 e. The molecular formula is C11H20N4O. The smallest absolute Gasteiger partial charge is 0.151 e. The van der Waals surface area contributed by atoms with E-state index < -0.39 is 0 Å². The minimum Gasteiger partial charge on any atom is -0.383 e. The lowest BCUT2D eigenvalue weighted by Gasteiger charge is -2.24. The quantitative estimate of drug-likeness (QED) is 0.785. The van der Waals surface area contributed by atoms with Gasteiger partial charge in [-0.2, -0.15) is 0 Å². The molecular weight excluding hydrogens is 204 g/mol. The summed E-state index contributed by atoms with van der Waals surface area (Å²) < 4.78 is 5.08. The van der Waals surface area contributed by atoms with Crippen LogP contribution >= 0.6 is 0 Å². The summed E-state index contributed by atoms with van der Waals surface area (Å²) in [4.78, 5) is 2.15. The summed E-state index contributed by atoms with van der Waals surface area (Å²) in [5.41, 5.74) is 5.51. The van der Waals surface area contributed by atoms with Gasteiger partial charge in [-0.05, 0) is 18.1 Å². The SMILES string of the molecule is COCCN(CC(C)C)c1ccc(N)nn1. The van der Waals surface area contributed by atoms with Crippen LogP contribution in [0.4, 0.5) is 11.6 Å². The van der Waals surface area contributed by atoms with Gasteiger partial charge in [0.1, 0.15) is 5.82 Å². The molecule has 0 spiro atoms. The molecule has 0 aliphatic heterocycles. The van der Waals surface area contributed by atoms with Gasteiger partial charge in [-0.3, -0.25) is 0 Å². The van der Waals surface area contributed by atoms with E-state index >= 15 is 0 Å². The lowest BCUT2D eigenvalue weighted by molar-refractivity contribution is 0.204. The maximum atomic E-state index is 5.51. The van der Waals surface area contributed by atoms with E-state index in [1.54, 1.807) is 13.2 Å². The van der Waals surface area contributed by atoms with Crippen molar-refractivity contribution < 1.29 is 4.74 Å². The molecule has 0 saturated carbocycles. The Bertz CT molecular complexity index is 299. The molecule has 0 aromatic carbocycles. The van der Waals surface area contributed by atoms with Crippen molar-refractivity contribution in [1.82, 2.24) is 10.2 Å². The number of nitrogen functional groups attached to an aromatic ring is 1. The zero-order valence-corrected chi connectivity index (χ0v) is 10.2. The van der Waals surface area contributed by atoms with Gasteiger partial charge in [0.2, 0.25) is 0 Å². The van der Waals surface area contributed by atoms with Crippen LogP contribution in [0.25, 0.3) is 0 Å². The number of nitrogens with two attached hydrogens (primary N) is 1. The van der Waals surface area contributed by atoms with Gasteiger partial charge in [-0.1, -0.05) is 13.8 Å². The van der Waals surface area contributed by atoms with E-state index in [0.717, 1.165) is 18.9 Å². The second-order valence-corrected chi connectivity index (χ2v) is 4.15. The predicted molar refractivity (Wildman–Crippen MR) is 65.4 cm³/mol. The third-order valence-electron chi connectivity index (χ3n) is 2.15. The molecule has 0 aliphatic carbocycles. The largest absolute Gasteiger partial charge is 0.383 e. The summed E-state index contributed by atoms with van der Waals surface area (Å²) in [6.45, 7) is 6.77. The number of methoxy groups -OCH3 is 1. The lowest BCUT2D eigenvalue weighted by Crippen LogP contribution is -2.31. The van der Waals surface area contributed by atoms with E-state index in [9.17, 15) is 0 Å². The lowest BCUT2D eigenvalue weighted by atomic mass is 10.2. The van der Waals surface area contributed by atoms with Crippen molar-refractivity contribution in [2.45, 2.75) is 13.8 Å². The topological polar surface area (TPSA) is 64.3 Å². The molecule has 0 atom stereocenters. The van der Waals surface area contributed by atoms with Crippen LogP contribution in [0.15, 0.2) is 12.1 Å². The molecule has 0 bridgehead atoms. The van der Waals surface area contributed by atoms with E-state index in [2.05, 4.69) is 28.9 Å². The molecule has 1 rings (SSSR count). The van der Waals surface area contributed by atoms with Gasteiger partial charge in [-0.15, -0.1) is 10.2 Å². The van der Waals surface area contributed by atoms with Crippen LogP contribution in [0.5, 0.6) is 0 Å². The molecule has 2 N–H and O–H groups in total. The Labute approximate surface area is 96.6 Å². The fourth-order valence-corrected chi connectivity index (χ4v) is 1.45. The second kappa shape index (κ2) is 6.27. The molecule has 5 nitrogen and oxygen atoms in total. The van der Waals surface area contributed by atoms with E-state index in [0.29, 0.717) is 18.3 Å². The van der Waals surface area contributed by atoms with Crippen LogP contribution in [-0.2, 0) is 4.74 Å². The number of ether oxygens (including phenoxy) is 1. The summed E-state index contributed by atoms with van der Waals surface area (Å²) in [7, 11) is 1.70. The first-order chi connectivity index (χ1) is 7.63. The van der Waals surface area contributed by atoms with Gasteiger partial charge in [0, 0.05) is 20.2 Å². The monoisotopic (exact) mass is 224 g/mol. The zero-order valence-electron chi connectivity index (χ0n) is 10.2. The summed E-state index contributed by atoms with van der Waals surface area (Å²) in [5.74, 6) is 1.86. The van der Waals surface area contributed by atoms with Gasteiger partial charge in [0.05, 0.1) is 6.61 Å². The van der Waals surface area contributed by atoms with E-state index in [-0.39, 0.29) is 0 Å². The Morgan fingerprint density at radius 2 is 2.12 bits per heavy atom. The van der Waals surface area contributed by atoms with Crippen molar-refractivity contribution in [3.05, 3.63) is 12.1 Å². The van der Waals surface area contributed by atoms with Crippen molar-refractivity contribution in [1.29, 1.82) is 0 Å². The Kier molecular flexibility index (Phi) is 4.98. The van der Waals surface area contributed by atoms with Crippen LogP contribution in [0, 0.1) is 5.92 Å². The van der Waals surface area contributed by atoms with Crippen molar-refractivity contribution >= 4 is 11.6 Å². The van der Waals surface area contributed by atoms with Gasteiger partial charge in [-0.25, -0.2) is 0 Å². The summed E-state index contributed by atoms with van der Waals surface area (Å²) in [6.07, 6.45) is 0. The maximum absolute atomic E-state index is 5.51. The highest BCUT2D eigenvalue weighted by molar-refractivity contribution is 5.41. The molecule has 0 radical (unpaired) electrons. The number of nitrogens with zero attached hydrogens (tertiary/aromatic N) is 3. The average Bonchev–Trinajstić information content (AvgIpc) is 2.25. The Morgan fingerprint density at radius 3 is 2.62 bits per heavy atom. The first-order valence-corrected chi connectivity index (χ1v) is 5.46. The third-order valence-corrected chi connectivity index (χ3v) is 2.15. The van der Waals surface area contributed by atoms with Crippen LogP contribution in [0.3, 0.4) is 0 Å². The molecule has 0 fully saturated rings. The van der Waals surface area contributed by atoms with Crippen LogP contribution in [0.1, 0.15) is 13.8 Å². The molecule has 1 aromatic heterocycles. The van der Waals surface area contributed by atoms with Crippen molar-refractivity contribution in [3.63, 3.8) is 0 Å². The van der Waals surface area contributed by atoms with Crippen molar-refractivity contribution in [2.24, 2.45) is 5.92 Å². The minimum atomic E-state index is 0.444. The number of hydrogen-bond acceptors (Lipinski definition) is 5. The fraction of sp³-hybridized carbons (Fsp3) is 0.636. The highest BCUT2D eigenvalue weighted by Crippen LogP contribution is 2.12. The normalized spacial score (nSPS) is 10.8. The third kappa shape index (κ3) is 4.02. The molecule has 1 aromatic rings. The predicted octanol–water partition coefficient (Wildman–Crippen LogP) is 1.17. The molecule has 0 saturated heterocycles. The van der Waals surface area contributed by atoms with Crippen molar-refractivity contribution in [3.8, 4) is 0 Å². The molecule has 1 heterocycles. The molecule has 0 amide bonds. The Morgan fingerprint density at radius 1 is 1.38 bits per heavy atom. The second-order valence-electron chi connectivity index (χ2n) is 4.15. The fourth-order valence-electron chi connectivity index (χ4n) is 1.45. The van der Waals surface area contributed by atoms with E-state index in [1.807, 2.05) is 6.07 Å². The summed E-state index contributed by atoms with van der Waals surface area (Å²) >= 11 is 0. The standard InChI is InChI=1S/C11H20N4O/c1-9(2)8-15(6-7-16-3)11-5-4-10(12)13-14-11/h4-5,9H,6-8H2,1-3H3,(H2,12,13). The van der Waals surface area contributed by atoms with Crippen LogP contribution < -0.4 is 10.6 Å². The van der Waals surface area contributed by atoms with Gasteiger partial charge >= 0.3 is 0 Å². The minimum absolute atomic E-state index is 0.444. The van der Waals surface area contributed by atoms with E-state index in [1.165, 1.54) is 0 Å². The average molecular weight is 224 g/mol. The summed E-state index contributed by atoms with van der Waals surface area (Å²) in [6, 6.07) is 3.66. The number of anilines is 2. The zero-order chi connectivity index (χ0) is 12.0. The summed E-state index contributed by atoms with van der Waals surface area (Å²) in [5, 5.41) is 7.94.